The fraction of sp³-hybridized carbons (Fsp3) is 0. The molecule has 2 aromatic rings. The van der Waals surface area contributed by atoms with E-state index in [0.29, 0.717) is 20.9 Å². The van der Waals surface area contributed by atoms with E-state index < -0.39 is 0 Å². The summed E-state index contributed by atoms with van der Waals surface area (Å²) in [6.45, 7) is 0. The van der Waals surface area contributed by atoms with Gasteiger partial charge in [0.15, 0.2) is 0 Å². The molecule has 2 nitrogen and oxygen atoms in total. The summed E-state index contributed by atoms with van der Waals surface area (Å²) in [6.07, 6.45) is 1.54. The summed E-state index contributed by atoms with van der Waals surface area (Å²) in [4.78, 5) is 3.99. The van der Waals surface area contributed by atoms with Gasteiger partial charge in [0.1, 0.15) is 11.3 Å². The minimum absolute atomic E-state index is 0.0463. The Morgan fingerprint density at radius 1 is 1.23 bits per heavy atom. The van der Waals surface area contributed by atoms with Gasteiger partial charge in [-0.15, -0.1) is 0 Å². The number of nitrogens with zero attached hydrogens (tertiary/aromatic N) is 1. The lowest BCUT2D eigenvalue weighted by Crippen LogP contribution is -1.80. The summed E-state index contributed by atoms with van der Waals surface area (Å²) >= 11 is 11.6. The Labute approximate surface area is 84.7 Å². The maximum absolute atomic E-state index is 9.47. The first-order valence-electron chi connectivity index (χ1n) is 3.61. The van der Waals surface area contributed by atoms with Crippen molar-refractivity contribution in [2.75, 3.05) is 0 Å². The van der Waals surface area contributed by atoms with E-state index in [0.717, 1.165) is 0 Å². The van der Waals surface area contributed by atoms with Gasteiger partial charge in [-0.3, -0.25) is 4.98 Å². The Bertz CT molecular complexity index is 470. The zero-order valence-corrected chi connectivity index (χ0v) is 7.97. The molecule has 0 aliphatic heterocycles. The molecule has 0 radical (unpaired) electrons. The lowest BCUT2D eigenvalue weighted by molar-refractivity contribution is 0.480. The van der Waals surface area contributed by atoms with Crippen molar-refractivity contribution in [2.45, 2.75) is 0 Å². The fourth-order valence-electron chi connectivity index (χ4n) is 1.17. The predicted octanol–water partition coefficient (Wildman–Crippen LogP) is 3.25. The quantitative estimate of drug-likeness (QED) is 0.730. The van der Waals surface area contributed by atoms with Crippen LogP contribution in [0.25, 0.3) is 10.9 Å². The average molecular weight is 214 g/mol. The fourth-order valence-corrected chi connectivity index (χ4v) is 1.58. The van der Waals surface area contributed by atoms with Crippen molar-refractivity contribution in [2.24, 2.45) is 0 Å². The van der Waals surface area contributed by atoms with Crippen LogP contribution in [-0.2, 0) is 0 Å². The molecule has 0 aliphatic rings. The number of fused-ring (bicyclic) bond motifs is 1. The van der Waals surface area contributed by atoms with E-state index in [-0.39, 0.29) is 5.75 Å². The van der Waals surface area contributed by atoms with Gasteiger partial charge >= 0.3 is 0 Å². The molecule has 13 heavy (non-hydrogen) atoms. The minimum atomic E-state index is 0.0463. The molecule has 66 valence electrons. The number of rotatable bonds is 0. The average Bonchev–Trinajstić information content (AvgIpc) is 2.07. The highest BCUT2D eigenvalue weighted by Gasteiger charge is 2.05. The second-order valence-electron chi connectivity index (χ2n) is 2.61. The second kappa shape index (κ2) is 3.05. The van der Waals surface area contributed by atoms with Crippen LogP contribution in [0.15, 0.2) is 24.4 Å². The Kier molecular flexibility index (Phi) is 2.02. The van der Waals surface area contributed by atoms with Crippen LogP contribution in [0.4, 0.5) is 0 Å². The number of halogens is 2. The number of hydrogen-bond donors (Lipinski definition) is 1. The Balaban J connectivity index is 2.94. The van der Waals surface area contributed by atoms with Crippen molar-refractivity contribution >= 4 is 34.1 Å². The van der Waals surface area contributed by atoms with Crippen LogP contribution in [0.5, 0.6) is 5.75 Å². The molecule has 0 unspecified atom stereocenters. The van der Waals surface area contributed by atoms with Crippen molar-refractivity contribution in [1.82, 2.24) is 4.98 Å². The Morgan fingerprint density at radius 3 is 2.77 bits per heavy atom. The smallest absolute Gasteiger partial charge is 0.143 e. The first-order valence-corrected chi connectivity index (χ1v) is 4.37. The largest absolute Gasteiger partial charge is 0.506 e. The zero-order chi connectivity index (χ0) is 9.42. The molecule has 1 aromatic heterocycles. The van der Waals surface area contributed by atoms with Gasteiger partial charge < -0.3 is 5.11 Å². The number of aromatic nitrogens is 1. The van der Waals surface area contributed by atoms with Gasteiger partial charge in [0, 0.05) is 22.7 Å². The minimum Gasteiger partial charge on any atom is -0.506 e. The van der Waals surface area contributed by atoms with E-state index in [1.807, 2.05) is 0 Å². The molecule has 0 saturated heterocycles. The molecule has 0 amide bonds. The van der Waals surface area contributed by atoms with E-state index in [2.05, 4.69) is 4.98 Å². The van der Waals surface area contributed by atoms with E-state index in [1.54, 1.807) is 12.1 Å². The molecular formula is C9H5Cl2NO. The van der Waals surface area contributed by atoms with Gasteiger partial charge in [0.25, 0.3) is 0 Å². The maximum atomic E-state index is 9.47. The summed E-state index contributed by atoms with van der Waals surface area (Å²) in [5, 5.41) is 11.1. The summed E-state index contributed by atoms with van der Waals surface area (Å²) in [6, 6.07) is 4.76. The van der Waals surface area contributed by atoms with Crippen LogP contribution in [0.1, 0.15) is 0 Å². The van der Waals surface area contributed by atoms with Gasteiger partial charge in [-0.25, -0.2) is 0 Å². The van der Waals surface area contributed by atoms with Crippen molar-refractivity contribution in [1.29, 1.82) is 0 Å². The molecule has 0 spiro atoms. The Morgan fingerprint density at radius 2 is 2.00 bits per heavy atom. The van der Waals surface area contributed by atoms with E-state index in [9.17, 15) is 5.11 Å². The number of phenolic OH excluding ortho intramolecular Hbond substituents is 1. The third-order valence-electron chi connectivity index (χ3n) is 1.74. The number of pyridine rings is 1. The molecule has 1 aromatic carbocycles. The molecule has 4 heteroatoms. The number of phenols is 1. The SMILES string of the molecule is Oc1cc(Cl)cc2c(Cl)ccnc12. The normalized spacial score (nSPS) is 10.6. The van der Waals surface area contributed by atoms with Crippen LogP contribution < -0.4 is 0 Å². The van der Waals surface area contributed by atoms with E-state index >= 15 is 0 Å². The molecule has 0 saturated carbocycles. The standard InChI is InChI=1S/C9H5Cl2NO/c10-5-3-6-7(11)1-2-12-9(6)8(13)4-5/h1-4,13H. The molecule has 1 heterocycles. The number of benzene rings is 1. The van der Waals surface area contributed by atoms with Gasteiger partial charge in [-0.1, -0.05) is 23.2 Å². The molecule has 0 aliphatic carbocycles. The molecule has 1 N–H and O–H groups in total. The van der Waals surface area contributed by atoms with Gasteiger partial charge in [0.2, 0.25) is 0 Å². The number of aromatic hydroxyl groups is 1. The summed E-state index contributed by atoms with van der Waals surface area (Å²) in [7, 11) is 0. The van der Waals surface area contributed by atoms with Crippen molar-refractivity contribution < 1.29 is 5.11 Å². The molecule has 0 atom stereocenters. The van der Waals surface area contributed by atoms with Gasteiger partial charge in [0.05, 0.1) is 5.02 Å². The molecule has 0 fully saturated rings. The van der Waals surface area contributed by atoms with Crippen LogP contribution in [-0.4, -0.2) is 10.1 Å². The number of hydrogen-bond acceptors (Lipinski definition) is 2. The van der Waals surface area contributed by atoms with Crippen molar-refractivity contribution in [3.8, 4) is 5.75 Å². The first kappa shape index (κ1) is 8.60. The maximum Gasteiger partial charge on any atom is 0.143 e. The summed E-state index contributed by atoms with van der Waals surface area (Å²) in [5.41, 5.74) is 0.469. The van der Waals surface area contributed by atoms with Gasteiger partial charge in [-0.2, -0.15) is 0 Å². The van der Waals surface area contributed by atoms with Crippen LogP contribution in [0.3, 0.4) is 0 Å². The molecule has 0 bridgehead atoms. The molecular weight excluding hydrogens is 209 g/mol. The van der Waals surface area contributed by atoms with Crippen LogP contribution in [0, 0.1) is 0 Å². The highest BCUT2D eigenvalue weighted by atomic mass is 35.5. The first-order chi connectivity index (χ1) is 6.18. The van der Waals surface area contributed by atoms with Crippen LogP contribution in [0.2, 0.25) is 10.0 Å². The van der Waals surface area contributed by atoms with Crippen LogP contribution >= 0.6 is 23.2 Å². The highest BCUT2D eigenvalue weighted by molar-refractivity contribution is 6.37. The van der Waals surface area contributed by atoms with Crippen molar-refractivity contribution in [3.05, 3.63) is 34.4 Å². The summed E-state index contributed by atoms with van der Waals surface area (Å²) < 4.78 is 0. The van der Waals surface area contributed by atoms with Gasteiger partial charge in [-0.05, 0) is 12.1 Å². The molecule has 2 rings (SSSR count). The third kappa shape index (κ3) is 1.43. The second-order valence-corrected chi connectivity index (χ2v) is 3.46. The summed E-state index contributed by atoms with van der Waals surface area (Å²) in [5.74, 6) is 0.0463. The van der Waals surface area contributed by atoms with E-state index in [4.69, 9.17) is 23.2 Å². The topological polar surface area (TPSA) is 33.1 Å². The van der Waals surface area contributed by atoms with E-state index in [1.165, 1.54) is 12.3 Å². The lowest BCUT2D eigenvalue weighted by atomic mass is 10.2. The highest BCUT2D eigenvalue weighted by Crippen LogP contribution is 2.31. The predicted molar refractivity (Wildman–Crippen MR) is 53.4 cm³/mol. The lowest BCUT2D eigenvalue weighted by Gasteiger charge is -2.01. The Hall–Kier alpha value is -0.990. The van der Waals surface area contributed by atoms with Crippen molar-refractivity contribution in [3.63, 3.8) is 0 Å². The monoisotopic (exact) mass is 213 g/mol. The zero-order valence-electron chi connectivity index (χ0n) is 6.46. The third-order valence-corrected chi connectivity index (χ3v) is 2.28.